The van der Waals surface area contributed by atoms with Crippen molar-refractivity contribution in [3.63, 3.8) is 0 Å². The van der Waals surface area contributed by atoms with E-state index in [-0.39, 0.29) is 22.9 Å². The molecule has 0 fully saturated rings. The lowest BCUT2D eigenvalue weighted by molar-refractivity contribution is -0.385. The molecule has 0 amide bonds. The number of aryl methyl sites for hydroxylation is 1. The highest BCUT2D eigenvalue weighted by Crippen LogP contribution is 2.36. The Kier molecular flexibility index (Phi) is 4.76. The van der Waals surface area contributed by atoms with Crippen LogP contribution in [0.25, 0.3) is 11.3 Å². The van der Waals surface area contributed by atoms with Crippen LogP contribution in [0.2, 0.25) is 0 Å². The molecule has 2 rings (SSSR count). The molecule has 7 heteroatoms. The zero-order valence-corrected chi connectivity index (χ0v) is 12.7. The van der Waals surface area contributed by atoms with Crippen molar-refractivity contribution >= 4 is 5.69 Å². The van der Waals surface area contributed by atoms with Gasteiger partial charge in [0.25, 0.3) is 0 Å². The molecule has 1 N–H and O–H groups in total. The molecular formula is C16H15N3O4. The lowest BCUT2D eigenvalue weighted by Gasteiger charge is -2.09. The molecule has 0 saturated heterocycles. The van der Waals surface area contributed by atoms with Gasteiger partial charge in [0.15, 0.2) is 5.75 Å². The third kappa shape index (κ3) is 3.21. The van der Waals surface area contributed by atoms with Gasteiger partial charge >= 0.3 is 5.69 Å². The number of hydrogen-bond acceptors (Lipinski definition) is 6. The average Bonchev–Trinajstić information content (AvgIpc) is 2.55. The van der Waals surface area contributed by atoms with Crippen LogP contribution in [-0.4, -0.2) is 22.1 Å². The Morgan fingerprint density at radius 3 is 2.74 bits per heavy atom. The molecule has 118 valence electrons. The molecule has 0 radical (unpaired) electrons. The Morgan fingerprint density at radius 1 is 1.43 bits per heavy atom. The standard InChI is InChI=1S/C16H15N3O4/c1-3-4-10-7-12(8-14(15(10)20)19(21)22)13-6-5-11(9-17)16(18-13)23-2/h5-8,20H,3-4H2,1-2H3. The van der Waals surface area contributed by atoms with Gasteiger partial charge in [0, 0.05) is 17.2 Å². The van der Waals surface area contributed by atoms with Crippen molar-refractivity contribution in [2.24, 2.45) is 0 Å². The summed E-state index contributed by atoms with van der Waals surface area (Å²) in [6, 6.07) is 8.02. The molecule has 0 spiro atoms. The number of benzene rings is 1. The van der Waals surface area contributed by atoms with E-state index in [1.165, 1.54) is 13.2 Å². The van der Waals surface area contributed by atoms with Crippen LogP contribution in [0.1, 0.15) is 24.5 Å². The van der Waals surface area contributed by atoms with Crippen LogP contribution in [0, 0.1) is 21.4 Å². The number of nitriles is 1. The minimum atomic E-state index is -0.626. The number of ether oxygens (including phenoxy) is 1. The zero-order valence-electron chi connectivity index (χ0n) is 12.7. The number of nitro groups is 1. The first-order valence-corrected chi connectivity index (χ1v) is 6.97. The molecule has 7 nitrogen and oxygen atoms in total. The van der Waals surface area contributed by atoms with Crippen molar-refractivity contribution in [1.29, 1.82) is 5.26 Å². The Bertz CT molecular complexity index is 797. The van der Waals surface area contributed by atoms with Gasteiger partial charge < -0.3 is 9.84 Å². The smallest absolute Gasteiger partial charge is 0.311 e. The molecule has 0 unspecified atom stereocenters. The van der Waals surface area contributed by atoms with E-state index in [4.69, 9.17) is 10.00 Å². The Labute approximate surface area is 132 Å². The first kappa shape index (κ1) is 16.2. The van der Waals surface area contributed by atoms with E-state index < -0.39 is 4.92 Å². The molecule has 0 aliphatic rings. The van der Waals surface area contributed by atoms with Crippen LogP contribution >= 0.6 is 0 Å². The van der Waals surface area contributed by atoms with Crippen LogP contribution in [0.3, 0.4) is 0 Å². The topological polar surface area (TPSA) is 109 Å². The molecule has 2 aromatic rings. The molecule has 23 heavy (non-hydrogen) atoms. The highest BCUT2D eigenvalue weighted by Gasteiger charge is 2.20. The van der Waals surface area contributed by atoms with Crippen molar-refractivity contribution < 1.29 is 14.8 Å². The minimum Gasteiger partial charge on any atom is -0.502 e. The van der Waals surface area contributed by atoms with E-state index in [1.807, 2.05) is 13.0 Å². The summed E-state index contributed by atoms with van der Waals surface area (Å²) >= 11 is 0. The van der Waals surface area contributed by atoms with E-state index in [0.29, 0.717) is 23.2 Å². The number of phenolic OH excluding ortho intramolecular Hbond substituents is 1. The van der Waals surface area contributed by atoms with Crippen LogP contribution in [-0.2, 0) is 6.42 Å². The minimum absolute atomic E-state index is 0.151. The quantitative estimate of drug-likeness (QED) is 0.670. The van der Waals surface area contributed by atoms with Crippen LogP contribution in [0.5, 0.6) is 11.6 Å². The van der Waals surface area contributed by atoms with Crippen molar-refractivity contribution in [3.05, 3.63) is 45.5 Å². The monoisotopic (exact) mass is 313 g/mol. The van der Waals surface area contributed by atoms with E-state index in [1.54, 1.807) is 18.2 Å². The number of nitro benzene ring substituents is 1. The lowest BCUT2D eigenvalue weighted by Crippen LogP contribution is -1.97. The summed E-state index contributed by atoms with van der Waals surface area (Å²) in [6.07, 6.45) is 1.24. The van der Waals surface area contributed by atoms with Crippen molar-refractivity contribution in [2.75, 3.05) is 7.11 Å². The highest BCUT2D eigenvalue weighted by molar-refractivity contribution is 5.69. The SMILES string of the molecule is CCCc1cc(-c2ccc(C#N)c(OC)n2)cc([N+](=O)[O-])c1O. The number of phenols is 1. The Morgan fingerprint density at radius 2 is 2.17 bits per heavy atom. The first-order valence-electron chi connectivity index (χ1n) is 6.97. The Balaban J connectivity index is 2.63. The average molecular weight is 313 g/mol. The first-order chi connectivity index (χ1) is 11.0. The van der Waals surface area contributed by atoms with Crippen LogP contribution in [0.15, 0.2) is 24.3 Å². The van der Waals surface area contributed by atoms with Crippen molar-refractivity contribution in [3.8, 4) is 29.0 Å². The van der Waals surface area contributed by atoms with Gasteiger partial charge in [0.05, 0.1) is 17.7 Å². The van der Waals surface area contributed by atoms with Gasteiger partial charge in [0.1, 0.15) is 11.6 Å². The normalized spacial score (nSPS) is 10.1. The number of hydrogen-bond donors (Lipinski definition) is 1. The zero-order chi connectivity index (χ0) is 17.0. The fourth-order valence-corrected chi connectivity index (χ4v) is 2.27. The van der Waals surface area contributed by atoms with Crippen molar-refractivity contribution in [2.45, 2.75) is 19.8 Å². The van der Waals surface area contributed by atoms with Gasteiger partial charge in [-0.15, -0.1) is 0 Å². The molecule has 0 bridgehead atoms. The summed E-state index contributed by atoms with van der Waals surface area (Å²) in [5.41, 5.74) is 1.32. The second kappa shape index (κ2) is 6.75. The van der Waals surface area contributed by atoms with E-state index in [0.717, 1.165) is 6.42 Å². The molecule has 1 aromatic heterocycles. The summed E-state index contributed by atoms with van der Waals surface area (Å²) < 4.78 is 5.06. The van der Waals surface area contributed by atoms with Crippen LogP contribution in [0.4, 0.5) is 5.69 Å². The Hall–Kier alpha value is -3.14. The van der Waals surface area contributed by atoms with Gasteiger partial charge in [-0.1, -0.05) is 13.3 Å². The summed E-state index contributed by atoms with van der Waals surface area (Å²) in [4.78, 5) is 14.7. The van der Waals surface area contributed by atoms with Gasteiger partial charge in [0.2, 0.25) is 5.88 Å². The molecule has 0 aliphatic heterocycles. The molecule has 0 saturated carbocycles. The maximum Gasteiger partial charge on any atom is 0.311 e. The van der Waals surface area contributed by atoms with E-state index in [9.17, 15) is 15.2 Å². The van der Waals surface area contributed by atoms with Gasteiger partial charge in [-0.3, -0.25) is 10.1 Å². The fraction of sp³-hybridized carbons (Fsp3) is 0.250. The van der Waals surface area contributed by atoms with Crippen molar-refractivity contribution in [1.82, 2.24) is 4.98 Å². The summed E-state index contributed by atoms with van der Waals surface area (Å²) in [5, 5.41) is 30.1. The number of pyridine rings is 1. The second-order valence-electron chi connectivity index (χ2n) is 4.88. The molecule has 1 aromatic carbocycles. The maximum absolute atomic E-state index is 11.1. The molecular weight excluding hydrogens is 298 g/mol. The molecule has 0 atom stereocenters. The highest BCUT2D eigenvalue weighted by atomic mass is 16.6. The fourth-order valence-electron chi connectivity index (χ4n) is 2.27. The predicted octanol–water partition coefficient (Wildman–Crippen LogP) is 3.20. The number of methoxy groups -OCH3 is 1. The number of nitrogens with zero attached hydrogens (tertiary/aromatic N) is 3. The largest absolute Gasteiger partial charge is 0.502 e. The summed E-state index contributed by atoms with van der Waals surface area (Å²) in [5.74, 6) is -0.168. The van der Waals surface area contributed by atoms with Gasteiger partial charge in [-0.2, -0.15) is 5.26 Å². The molecule has 0 aliphatic carbocycles. The third-order valence-electron chi connectivity index (χ3n) is 3.35. The number of aromatic hydroxyl groups is 1. The van der Waals surface area contributed by atoms with E-state index in [2.05, 4.69) is 4.98 Å². The summed E-state index contributed by atoms with van der Waals surface area (Å²) in [6.45, 7) is 1.92. The summed E-state index contributed by atoms with van der Waals surface area (Å²) in [7, 11) is 1.40. The lowest BCUT2D eigenvalue weighted by atomic mass is 10.0. The van der Waals surface area contributed by atoms with Gasteiger partial charge in [-0.05, 0) is 24.6 Å². The van der Waals surface area contributed by atoms with Crippen LogP contribution < -0.4 is 4.74 Å². The third-order valence-corrected chi connectivity index (χ3v) is 3.35. The van der Waals surface area contributed by atoms with Gasteiger partial charge in [-0.25, -0.2) is 4.98 Å². The maximum atomic E-state index is 11.1. The molecule has 1 heterocycles. The second-order valence-corrected chi connectivity index (χ2v) is 4.88. The number of aromatic nitrogens is 1. The number of rotatable bonds is 5. The van der Waals surface area contributed by atoms with E-state index >= 15 is 0 Å². The predicted molar refractivity (Wildman–Crippen MR) is 83.3 cm³/mol.